The van der Waals surface area contributed by atoms with E-state index in [9.17, 15) is 9.00 Å². The van der Waals surface area contributed by atoms with Gasteiger partial charge in [-0.25, -0.2) is 5.48 Å². The Kier molecular flexibility index (Phi) is 7.99. The van der Waals surface area contributed by atoms with Crippen LogP contribution in [0.1, 0.15) is 30.6 Å². The van der Waals surface area contributed by atoms with Crippen molar-refractivity contribution < 1.29 is 14.2 Å². The maximum Gasteiger partial charge on any atom is 0.259 e. The summed E-state index contributed by atoms with van der Waals surface area (Å²) in [7, 11) is -1.27. The minimum atomic E-state index is -1.27. The molecular formula is C20H23NO3S4. The summed E-state index contributed by atoms with van der Waals surface area (Å²) in [5.74, 6) is -0.554. The monoisotopic (exact) mass is 453 g/mol. The Bertz CT molecular complexity index is 914. The molecule has 0 aliphatic heterocycles. The third-order valence-electron chi connectivity index (χ3n) is 4.47. The number of unbranched alkanes of at least 4 members (excludes halogenated alkanes) is 2. The lowest BCUT2D eigenvalue weighted by Crippen LogP contribution is -2.35. The maximum atomic E-state index is 11.6. The fourth-order valence-corrected chi connectivity index (χ4v) is 6.82. The van der Waals surface area contributed by atoms with Gasteiger partial charge in [0.2, 0.25) is 0 Å². The van der Waals surface area contributed by atoms with Crippen LogP contribution < -0.4 is 5.48 Å². The molecule has 3 heterocycles. The molecule has 0 radical (unpaired) electrons. The van der Waals surface area contributed by atoms with Gasteiger partial charge in [0, 0.05) is 41.4 Å². The number of aryl methyl sites for hydroxylation is 1. The molecule has 1 amide bonds. The van der Waals surface area contributed by atoms with E-state index in [1.54, 1.807) is 16.8 Å². The minimum Gasteiger partial charge on any atom is -0.289 e. The van der Waals surface area contributed by atoms with Crippen molar-refractivity contribution in [3.63, 3.8) is 0 Å². The number of carbonyl (C=O) groups excluding carboxylic acids is 1. The molecule has 0 aliphatic rings. The highest BCUT2D eigenvalue weighted by Gasteiger charge is 2.21. The lowest BCUT2D eigenvalue weighted by Gasteiger charge is -2.11. The van der Waals surface area contributed by atoms with Crippen LogP contribution in [0.15, 0.2) is 41.8 Å². The molecule has 28 heavy (non-hydrogen) atoms. The molecule has 3 aromatic rings. The Balaban J connectivity index is 1.46. The zero-order valence-corrected chi connectivity index (χ0v) is 18.8. The van der Waals surface area contributed by atoms with Gasteiger partial charge in [-0.15, -0.1) is 34.0 Å². The van der Waals surface area contributed by atoms with Crippen molar-refractivity contribution in [1.82, 2.24) is 5.48 Å². The molecule has 0 bridgehead atoms. The van der Waals surface area contributed by atoms with Crippen LogP contribution in [-0.2, 0) is 22.0 Å². The summed E-state index contributed by atoms with van der Waals surface area (Å²) in [5.41, 5.74) is 1.61. The smallest absolute Gasteiger partial charge is 0.259 e. The minimum absolute atomic E-state index is 0.534. The van der Waals surface area contributed by atoms with Crippen molar-refractivity contribution in [2.45, 2.75) is 37.4 Å². The van der Waals surface area contributed by atoms with E-state index < -0.39 is 22.0 Å². The summed E-state index contributed by atoms with van der Waals surface area (Å²) in [5, 5.41) is 10.2. The first kappa shape index (κ1) is 21.4. The van der Waals surface area contributed by atoms with Gasteiger partial charge in [0.15, 0.2) is 0 Å². The number of thiophene rings is 3. The average molecular weight is 454 g/mol. The van der Waals surface area contributed by atoms with E-state index in [4.69, 9.17) is 5.21 Å². The van der Waals surface area contributed by atoms with Crippen LogP contribution >= 0.6 is 34.0 Å². The molecule has 0 saturated heterocycles. The van der Waals surface area contributed by atoms with Gasteiger partial charge in [-0.1, -0.05) is 18.9 Å². The van der Waals surface area contributed by atoms with Crippen LogP contribution in [-0.4, -0.2) is 26.8 Å². The Morgan fingerprint density at radius 1 is 1.04 bits per heavy atom. The number of hydrogen-bond donors (Lipinski definition) is 2. The first-order valence-electron chi connectivity index (χ1n) is 9.07. The molecular weight excluding hydrogens is 430 g/mol. The summed E-state index contributed by atoms with van der Waals surface area (Å²) in [6, 6.07) is 13.0. The molecule has 3 aromatic heterocycles. The van der Waals surface area contributed by atoms with Gasteiger partial charge in [-0.2, -0.15) is 0 Å². The Morgan fingerprint density at radius 2 is 1.75 bits per heavy atom. The lowest BCUT2D eigenvalue weighted by molar-refractivity contribution is -0.128. The highest BCUT2D eigenvalue weighted by atomic mass is 32.2. The molecule has 4 nitrogen and oxygen atoms in total. The van der Waals surface area contributed by atoms with E-state index in [-0.39, 0.29) is 0 Å². The molecule has 0 aromatic carbocycles. The van der Waals surface area contributed by atoms with Crippen LogP contribution in [0.3, 0.4) is 0 Å². The molecule has 0 fully saturated rings. The van der Waals surface area contributed by atoms with Crippen molar-refractivity contribution in [2.75, 3.05) is 6.26 Å². The quantitative estimate of drug-likeness (QED) is 0.240. The van der Waals surface area contributed by atoms with Crippen molar-refractivity contribution in [3.05, 3.63) is 46.7 Å². The second kappa shape index (κ2) is 10.5. The summed E-state index contributed by atoms with van der Waals surface area (Å²) in [4.78, 5) is 18.1. The number of carbonyl (C=O) groups is 1. The van der Waals surface area contributed by atoms with Crippen molar-refractivity contribution in [2.24, 2.45) is 0 Å². The Morgan fingerprint density at radius 3 is 2.43 bits per heavy atom. The summed E-state index contributed by atoms with van der Waals surface area (Å²) in [6.45, 7) is 0. The van der Waals surface area contributed by atoms with Crippen molar-refractivity contribution in [1.29, 1.82) is 0 Å². The Labute approximate surface area is 179 Å². The number of rotatable bonds is 10. The maximum absolute atomic E-state index is 11.6. The number of nitrogens with one attached hydrogen (secondary N) is 1. The fraction of sp³-hybridized carbons (Fsp3) is 0.350. The largest absolute Gasteiger partial charge is 0.289 e. The average Bonchev–Trinajstić information content (AvgIpc) is 3.44. The van der Waals surface area contributed by atoms with Crippen LogP contribution in [0.25, 0.3) is 19.5 Å². The van der Waals surface area contributed by atoms with Crippen LogP contribution in [0, 0.1) is 0 Å². The van der Waals surface area contributed by atoms with Crippen molar-refractivity contribution >= 4 is 50.7 Å². The first-order chi connectivity index (χ1) is 13.6. The van der Waals surface area contributed by atoms with Gasteiger partial charge in [0.1, 0.15) is 5.25 Å². The van der Waals surface area contributed by atoms with E-state index in [1.165, 1.54) is 30.6 Å². The first-order valence-corrected chi connectivity index (χ1v) is 13.2. The summed E-state index contributed by atoms with van der Waals surface area (Å²) in [6.07, 6.45) is 5.88. The normalized spacial score (nSPS) is 13.4. The highest BCUT2D eigenvalue weighted by Crippen LogP contribution is 2.39. The van der Waals surface area contributed by atoms with Crippen LogP contribution in [0.2, 0.25) is 0 Å². The fourth-order valence-electron chi connectivity index (χ4n) is 2.99. The topological polar surface area (TPSA) is 66.4 Å². The zero-order valence-electron chi connectivity index (χ0n) is 15.6. The molecule has 2 unspecified atom stereocenters. The molecule has 2 N–H and O–H groups in total. The summed E-state index contributed by atoms with van der Waals surface area (Å²) < 4.78 is 11.6. The molecule has 150 valence electrons. The molecule has 8 heteroatoms. The lowest BCUT2D eigenvalue weighted by atomic mass is 10.1. The van der Waals surface area contributed by atoms with E-state index in [2.05, 4.69) is 41.8 Å². The van der Waals surface area contributed by atoms with Gasteiger partial charge in [0.25, 0.3) is 5.91 Å². The van der Waals surface area contributed by atoms with Gasteiger partial charge in [-0.05, 0) is 55.0 Å². The van der Waals surface area contributed by atoms with Gasteiger partial charge < -0.3 is 0 Å². The van der Waals surface area contributed by atoms with E-state index in [1.807, 2.05) is 22.7 Å². The standard InChI is InChI=1S/C20H23NO3S4/c1-28(24)19(20(22)21-23)8-4-2-3-6-14-9-10-17(26-14)18-12-11-16(27-18)15-7-5-13-25-15/h5,7,9-13,19,23H,2-4,6,8H2,1H3,(H,21,22). The predicted octanol–water partition coefficient (Wildman–Crippen LogP) is 5.56. The van der Waals surface area contributed by atoms with Crippen LogP contribution in [0.5, 0.6) is 0 Å². The van der Waals surface area contributed by atoms with E-state index in [0.717, 1.165) is 25.7 Å². The molecule has 0 aliphatic carbocycles. The summed E-state index contributed by atoms with van der Waals surface area (Å²) >= 11 is 5.44. The second-order valence-corrected chi connectivity index (χ2v) is 11.2. The SMILES string of the molecule is CS(=O)C(CCCCCc1ccc(-c2ccc(-c3cccs3)s2)s1)C(=O)NO. The van der Waals surface area contributed by atoms with Gasteiger partial charge >= 0.3 is 0 Å². The van der Waals surface area contributed by atoms with E-state index in [0.29, 0.717) is 6.42 Å². The van der Waals surface area contributed by atoms with E-state index >= 15 is 0 Å². The molecule has 2 atom stereocenters. The molecule has 0 spiro atoms. The van der Waals surface area contributed by atoms with Gasteiger partial charge in [-0.3, -0.25) is 14.2 Å². The zero-order chi connectivity index (χ0) is 19.9. The molecule has 3 rings (SSSR count). The third-order valence-corrected chi connectivity index (χ3v) is 9.21. The number of hydroxylamine groups is 1. The highest BCUT2D eigenvalue weighted by molar-refractivity contribution is 7.85. The number of amides is 1. The van der Waals surface area contributed by atoms with Crippen molar-refractivity contribution in [3.8, 4) is 19.5 Å². The number of hydrogen-bond acceptors (Lipinski definition) is 6. The molecule has 0 saturated carbocycles. The van der Waals surface area contributed by atoms with Crippen LogP contribution in [0.4, 0.5) is 0 Å². The predicted molar refractivity (Wildman–Crippen MR) is 121 cm³/mol. The van der Waals surface area contributed by atoms with Gasteiger partial charge in [0.05, 0.1) is 0 Å². The second-order valence-electron chi connectivity index (χ2n) is 6.47. The third kappa shape index (κ3) is 5.61. The Hall–Kier alpha value is -1.32.